The molecule has 1 unspecified atom stereocenters. The Labute approximate surface area is 154 Å². The van der Waals surface area contributed by atoms with E-state index in [2.05, 4.69) is 27.7 Å². The molecule has 0 spiro atoms. The summed E-state index contributed by atoms with van der Waals surface area (Å²) in [4.78, 5) is 16.5. The Balaban J connectivity index is 1.78. The minimum Gasteiger partial charge on any atom is -0.349 e. The molecule has 0 aliphatic carbocycles. The van der Waals surface area contributed by atoms with E-state index in [0.29, 0.717) is 16.4 Å². The van der Waals surface area contributed by atoms with Gasteiger partial charge in [-0.1, -0.05) is 29.8 Å². The normalized spacial score (nSPS) is 12.7. The van der Waals surface area contributed by atoms with Crippen molar-refractivity contribution >= 4 is 50.3 Å². The number of carbonyl (C=O) groups excluding carboxylic acids is 1. The number of likely N-dealkylation sites (N-methyl/N-ethyl adjacent to an activating group) is 1. The van der Waals surface area contributed by atoms with Crippen molar-refractivity contribution in [3.8, 4) is 0 Å². The van der Waals surface area contributed by atoms with Crippen molar-refractivity contribution in [2.75, 3.05) is 20.6 Å². The maximum atomic E-state index is 12.6. The molecular weight excluding hydrogens is 360 g/mol. The molecule has 3 nitrogen and oxygen atoms in total. The lowest BCUT2D eigenvalue weighted by molar-refractivity contribution is 0.0946. The zero-order valence-electron chi connectivity index (χ0n) is 13.8. The number of thiophene rings is 2. The van der Waals surface area contributed by atoms with Gasteiger partial charge in [-0.05, 0) is 44.1 Å². The van der Waals surface area contributed by atoms with Gasteiger partial charge >= 0.3 is 0 Å². The van der Waals surface area contributed by atoms with Crippen LogP contribution in [-0.4, -0.2) is 31.4 Å². The van der Waals surface area contributed by atoms with Gasteiger partial charge in [0.2, 0.25) is 0 Å². The summed E-state index contributed by atoms with van der Waals surface area (Å²) in [6, 6.07) is 10.3. The van der Waals surface area contributed by atoms with Gasteiger partial charge in [-0.2, -0.15) is 0 Å². The fraction of sp³-hybridized carbons (Fsp3) is 0.278. The number of hydrogen-bond donors (Lipinski definition) is 1. The van der Waals surface area contributed by atoms with Crippen LogP contribution in [0.4, 0.5) is 0 Å². The first-order valence-electron chi connectivity index (χ1n) is 7.64. The molecule has 0 fully saturated rings. The van der Waals surface area contributed by atoms with Gasteiger partial charge in [0.15, 0.2) is 0 Å². The van der Waals surface area contributed by atoms with Crippen LogP contribution in [0.3, 0.4) is 0 Å². The number of halogens is 1. The Morgan fingerprint density at radius 3 is 2.79 bits per heavy atom. The van der Waals surface area contributed by atoms with Gasteiger partial charge in [-0.25, -0.2) is 0 Å². The second kappa shape index (κ2) is 7.23. The number of nitrogens with zero attached hydrogens (tertiary/aromatic N) is 1. The molecule has 0 saturated heterocycles. The fourth-order valence-corrected chi connectivity index (χ4v) is 5.06. The third kappa shape index (κ3) is 3.49. The largest absolute Gasteiger partial charge is 0.349 e. The topological polar surface area (TPSA) is 32.3 Å². The minimum absolute atomic E-state index is 0.109. The summed E-state index contributed by atoms with van der Waals surface area (Å²) >= 11 is 9.57. The number of carbonyl (C=O) groups is 1. The van der Waals surface area contributed by atoms with Crippen LogP contribution >= 0.6 is 34.3 Å². The van der Waals surface area contributed by atoms with Gasteiger partial charge in [0, 0.05) is 21.5 Å². The van der Waals surface area contributed by atoms with Gasteiger partial charge < -0.3 is 10.2 Å². The Morgan fingerprint density at radius 2 is 2.12 bits per heavy atom. The molecule has 24 heavy (non-hydrogen) atoms. The smallest absolute Gasteiger partial charge is 0.262 e. The maximum Gasteiger partial charge on any atom is 0.262 e. The molecule has 0 saturated carbocycles. The van der Waals surface area contributed by atoms with E-state index >= 15 is 0 Å². The van der Waals surface area contributed by atoms with Crippen molar-refractivity contribution in [2.45, 2.75) is 13.0 Å². The first kappa shape index (κ1) is 17.4. The number of fused-ring (bicyclic) bond motifs is 1. The molecule has 1 atom stereocenters. The Morgan fingerprint density at radius 1 is 1.33 bits per heavy atom. The lowest BCUT2D eigenvalue weighted by Crippen LogP contribution is -2.33. The first-order valence-corrected chi connectivity index (χ1v) is 9.71. The number of nitrogens with one attached hydrogen (secondary N) is 1. The van der Waals surface area contributed by atoms with E-state index in [1.54, 1.807) is 11.3 Å². The van der Waals surface area contributed by atoms with Gasteiger partial charge in [0.1, 0.15) is 4.88 Å². The number of amides is 1. The molecule has 2 aromatic heterocycles. The average Bonchev–Trinajstić information content (AvgIpc) is 3.15. The Hall–Kier alpha value is -1.40. The summed E-state index contributed by atoms with van der Waals surface area (Å²) in [5, 5.41) is 6.58. The molecule has 0 bridgehead atoms. The van der Waals surface area contributed by atoms with Crippen molar-refractivity contribution in [3.05, 3.63) is 56.1 Å². The maximum absolute atomic E-state index is 12.6. The monoisotopic (exact) mass is 378 g/mol. The number of aryl methyl sites for hydroxylation is 1. The molecule has 126 valence electrons. The van der Waals surface area contributed by atoms with E-state index in [-0.39, 0.29) is 11.9 Å². The van der Waals surface area contributed by atoms with Crippen LogP contribution in [0.25, 0.3) is 10.1 Å². The summed E-state index contributed by atoms with van der Waals surface area (Å²) in [6.07, 6.45) is 0. The molecule has 2 heterocycles. The van der Waals surface area contributed by atoms with Crippen LogP contribution in [0, 0.1) is 6.92 Å². The lowest BCUT2D eigenvalue weighted by Gasteiger charge is -2.23. The molecule has 1 amide bonds. The molecule has 0 aliphatic rings. The zero-order chi connectivity index (χ0) is 17.3. The summed E-state index contributed by atoms with van der Waals surface area (Å²) in [5.74, 6) is -0.109. The molecular formula is C18H19ClN2OS2. The first-order chi connectivity index (χ1) is 11.5. The summed E-state index contributed by atoms with van der Waals surface area (Å²) < 4.78 is 1.05. The molecule has 1 aromatic carbocycles. The minimum atomic E-state index is -0.109. The van der Waals surface area contributed by atoms with E-state index in [1.807, 2.05) is 39.2 Å². The van der Waals surface area contributed by atoms with Crippen molar-refractivity contribution in [2.24, 2.45) is 0 Å². The average molecular weight is 379 g/mol. The van der Waals surface area contributed by atoms with Crippen molar-refractivity contribution in [1.29, 1.82) is 0 Å². The fourth-order valence-electron chi connectivity index (χ4n) is 2.61. The predicted molar refractivity (Wildman–Crippen MR) is 105 cm³/mol. The van der Waals surface area contributed by atoms with Crippen molar-refractivity contribution in [3.63, 3.8) is 0 Å². The van der Waals surface area contributed by atoms with Gasteiger partial charge in [0.25, 0.3) is 5.91 Å². The van der Waals surface area contributed by atoms with Crippen LogP contribution in [0.1, 0.15) is 26.2 Å². The van der Waals surface area contributed by atoms with Gasteiger partial charge in [-0.3, -0.25) is 4.79 Å². The van der Waals surface area contributed by atoms with E-state index in [4.69, 9.17) is 11.6 Å². The molecule has 3 rings (SSSR count). The molecule has 0 radical (unpaired) electrons. The summed E-state index contributed by atoms with van der Waals surface area (Å²) in [7, 11) is 4.04. The second-order valence-electron chi connectivity index (χ2n) is 5.95. The number of hydrogen-bond acceptors (Lipinski definition) is 4. The Bertz CT molecular complexity index is 855. The quantitative estimate of drug-likeness (QED) is 0.680. The van der Waals surface area contributed by atoms with Crippen LogP contribution in [0.2, 0.25) is 5.02 Å². The van der Waals surface area contributed by atoms with E-state index < -0.39 is 0 Å². The third-order valence-electron chi connectivity index (χ3n) is 3.94. The lowest BCUT2D eigenvalue weighted by atomic mass is 10.2. The highest BCUT2D eigenvalue weighted by molar-refractivity contribution is 7.21. The van der Waals surface area contributed by atoms with Crippen molar-refractivity contribution in [1.82, 2.24) is 10.2 Å². The van der Waals surface area contributed by atoms with Crippen LogP contribution in [0.15, 0.2) is 35.7 Å². The zero-order valence-corrected chi connectivity index (χ0v) is 16.2. The number of benzene rings is 1. The molecule has 6 heteroatoms. The summed E-state index contributed by atoms with van der Waals surface area (Å²) in [6.45, 7) is 2.59. The summed E-state index contributed by atoms with van der Waals surface area (Å²) in [5.41, 5.74) is 1.16. The van der Waals surface area contributed by atoms with E-state index in [9.17, 15) is 4.79 Å². The Kier molecular flexibility index (Phi) is 5.25. The SMILES string of the molecule is Cc1ccc2c(Cl)c(C(=O)NCC(c3cccs3)N(C)C)sc2c1. The molecule has 0 aliphatic heterocycles. The van der Waals surface area contributed by atoms with E-state index in [0.717, 1.165) is 15.6 Å². The van der Waals surface area contributed by atoms with E-state index in [1.165, 1.54) is 16.2 Å². The highest BCUT2D eigenvalue weighted by Gasteiger charge is 2.20. The predicted octanol–water partition coefficient (Wildman–Crippen LogP) is 4.96. The van der Waals surface area contributed by atoms with Gasteiger partial charge in [-0.15, -0.1) is 22.7 Å². The standard InChI is InChI=1S/C18H19ClN2OS2/c1-11-6-7-12-15(9-11)24-17(16(12)19)18(22)20-10-13(21(2)3)14-5-4-8-23-14/h4-9,13H,10H2,1-3H3,(H,20,22). The number of rotatable bonds is 5. The van der Waals surface area contributed by atoms with Crippen LogP contribution in [0.5, 0.6) is 0 Å². The van der Waals surface area contributed by atoms with Crippen LogP contribution in [-0.2, 0) is 0 Å². The molecule has 3 aromatic rings. The second-order valence-corrected chi connectivity index (χ2v) is 8.36. The highest BCUT2D eigenvalue weighted by Crippen LogP contribution is 2.35. The van der Waals surface area contributed by atoms with Crippen molar-refractivity contribution < 1.29 is 4.79 Å². The highest BCUT2D eigenvalue weighted by atomic mass is 35.5. The van der Waals surface area contributed by atoms with Gasteiger partial charge in [0.05, 0.1) is 11.1 Å². The third-order valence-corrected chi connectivity index (χ3v) is 6.57. The molecule has 1 N–H and O–H groups in total. The van der Waals surface area contributed by atoms with Crippen LogP contribution < -0.4 is 5.32 Å².